The summed E-state index contributed by atoms with van der Waals surface area (Å²) >= 11 is 1.76. The number of carbonyl (C=O) groups is 2. The molecule has 0 fully saturated rings. The van der Waals surface area contributed by atoms with Gasteiger partial charge in [-0.15, -0.1) is 0 Å². The number of hydrogen-bond donors (Lipinski definition) is 2. The number of aromatic nitrogens is 2. The van der Waals surface area contributed by atoms with E-state index in [1.807, 2.05) is 39.8 Å². The number of benzene rings is 1. The zero-order chi connectivity index (χ0) is 18.8. The number of aryl methyl sites for hydroxylation is 2. The van der Waals surface area contributed by atoms with Gasteiger partial charge in [-0.3, -0.25) is 9.59 Å². The monoisotopic (exact) mass is 372 g/mol. The molecule has 0 saturated heterocycles. The standard InChI is InChI=1S/C19H24N4O2S/c1-11(2)8-20-18(24)19(25)21-17-14-9-26-10-15(14)22-23(17)16-6-5-12(3)7-13(16)4/h5-7,11H,8-10H2,1-4H3,(H,20,24)(H,21,25). The molecule has 1 aromatic carbocycles. The number of nitrogens with zero attached hydrogens (tertiary/aromatic N) is 2. The smallest absolute Gasteiger partial charge is 0.314 e. The lowest BCUT2D eigenvalue weighted by molar-refractivity contribution is -0.136. The molecule has 2 N–H and O–H groups in total. The Labute approximate surface area is 157 Å². The number of hydrogen-bond acceptors (Lipinski definition) is 4. The first kappa shape index (κ1) is 18.5. The molecule has 3 rings (SSSR count). The lowest BCUT2D eigenvalue weighted by Crippen LogP contribution is -2.37. The summed E-state index contributed by atoms with van der Waals surface area (Å²) in [5.74, 6) is 1.21. The van der Waals surface area contributed by atoms with Crippen LogP contribution in [0.25, 0.3) is 5.69 Å². The first-order valence-electron chi connectivity index (χ1n) is 8.72. The van der Waals surface area contributed by atoms with Gasteiger partial charge in [0.25, 0.3) is 0 Å². The van der Waals surface area contributed by atoms with Crippen LogP contribution < -0.4 is 10.6 Å². The SMILES string of the molecule is Cc1ccc(-n2nc3c(c2NC(=O)C(=O)NCC(C)C)CSC3)c(C)c1. The van der Waals surface area contributed by atoms with Crippen molar-refractivity contribution in [1.82, 2.24) is 15.1 Å². The van der Waals surface area contributed by atoms with E-state index in [1.54, 1.807) is 16.4 Å². The van der Waals surface area contributed by atoms with Crippen molar-refractivity contribution in [1.29, 1.82) is 0 Å². The average molecular weight is 372 g/mol. The summed E-state index contributed by atoms with van der Waals surface area (Å²) in [5.41, 5.74) is 5.11. The van der Waals surface area contributed by atoms with Gasteiger partial charge in [-0.1, -0.05) is 31.5 Å². The lowest BCUT2D eigenvalue weighted by atomic mass is 10.1. The minimum atomic E-state index is -0.656. The van der Waals surface area contributed by atoms with E-state index in [4.69, 9.17) is 0 Å². The van der Waals surface area contributed by atoms with E-state index in [1.165, 1.54) is 5.56 Å². The molecule has 26 heavy (non-hydrogen) atoms. The number of rotatable bonds is 4. The molecule has 1 aliphatic rings. The predicted molar refractivity (Wildman–Crippen MR) is 105 cm³/mol. The van der Waals surface area contributed by atoms with Crippen molar-refractivity contribution >= 4 is 29.4 Å². The van der Waals surface area contributed by atoms with Gasteiger partial charge in [0, 0.05) is 23.6 Å². The quantitative estimate of drug-likeness (QED) is 0.809. The Hall–Kier alpha value is -2.28. The molecule has 7 heteroatoms. The van der Waals surface area contributed by atoms with Gasteiger partial charge in [-0.2, -0.15) is 16.9 Å². The highest BCUT2D eigenvalue weighted by molar-refractivity contribution is 7.98. The van der Waals surface area contributed by atoms with E-state index in [0.717, 1.165) is 34.0 Å². The molecule has 2 aromatic rings. The molecule has 138 valence electrons. The van der Waals surface area contributed by atoms with Gasteiger partial charge in [0.05, 0.1) is 11.4 Å². The Morgan fingerprint density at radius 3 is 2.69 bits per heavy atom. The first-order valence-corrected chi connectivity index (χ1v) is 9.87. The van der Waals surface area contributed by atoms with Crippen LogP contribution in [0, 0.1) is 19.8 Å². The highest BCUT2D eigenvalue weighted by atomic mass is 32.2. The van der Waals surface area contributed by atoms with E-state index < -0.39 is 11.8 Å². The maximum absolute atomic E-state index is 12.4. The Balaban J connectivity index is 1.91. The fourth-order valence-electron chi connectivity index (χ4n) is 2.90. The van der Waals surface area contributed by atoms with E-state index in [9.17, 15) is 9.59 Å². The van der Waals surface area contributed by atoms with Crippen molar-refractivity contribution in [3.63, 3.8) is 0 Å². The molecule has 0 spiro atoms. The third-order valence-corrected chi connectivity index (χ3v) is 5.21. The van der Waals surface area contributed by atoms with Gasteiger partial charge in [0.15, 0.2) is 0 Å². The Bertz CT molecular complexity index is 857. The van der Waals surface area contributed by atoms with Crippen LogP contribution in [-0.4, -0.2) is 28.1 Å². The van der Waals surface area contributed by atoms with Gasteiger partial charge in [-0.05, 0) is 31.4 Å². The van der Waals surface area contributed by atoms with Crippen molar-refractivity contribution in [2.24, 2.45) is 5.92 Å². The Morgan fingerprint density at radius 2 is 2.00 bits per heavy atom. The largest absolute Gasteiger partial charge is 0.348 e. The number of carbonyl (C=O) groups excluding carboxylic acids is 2. The van der Waals surface area contributed by atoms with E-state index in [-0.39, 0.29) is 5.92 Å². The summed E-state index contributed by atoms with van der Waals surface area (Å²) in [6, 6.07) is 6.09. The molecule has 0 bridgehead atoms. The fraction of sp³-hybridized carbons (Fsp3) is 0.421. The number of fused-ring (bicyclic) bond motifs is 1. The normalized spacial score (nSPS) is 13.0. The second-order valence-electron chi connectivity index (χ2n) is 7.03. The van der Waals surface area contributed by atoms with Gasteiger partial charge in [0.1, 0.15) is 5.82 Å². The van der Waals surface area contributed by atoms with Crippen LogP contribution in [0.4, 0.5) is 5.82 Å². The van der Waals surface area contributed by atoms with Crippen molar-refractivity contribution < 1.29 is 9.59 Å². The molecule has 0 unspecified atom stereocenters. The number of nitrogens with one attached hydrogen (secondary N) is 2. The maximum Gasteiger partial charge on any atom is 0.314 e. The summed E-state index contributed by atoms with van der Waals surface area (Å²) in [6.45, 7) is 8.49. The van der Waals surface area contributed by atoms with Crippen molar-refractivity contribution in [3.8, 4) is 5.69 Å². The van der Waals surface area contributed by atoms with Crippen LogP contribution in [0.1, 0.15) is 36.2 Å². The summed E-state index contributed by atoms with van der Waals surface area (Å²) in [7, 11) is 0. The van der Waals surface area contributed by atoms with Gasteiger partial charge in [0.2, 0.25) is 0 Å². The minimum Gasteiger partial charge on any atom is -0.348 e. The number of anilines is 1. The van der Waals surface area contributed by atoms with Gasteiger partial charge in [-0.25, -0.2) is 4.68 Å². The van der Waals surface area contributed by atoms with Crippen LogP contribution in [0.2, 0.25) is 0 Å². The molecule has 1 aromatic heterocycles. The summed E-state index contributed by atoms with van der Waals surface area (Å²) in [5, 5.41) is 10.1. The zero-order valence-corrected chi connectivity index (χ0v) is 16.4. The molecule has 2 heterocycles. The van der Waals surface area contributed by atoms with Crippen molar-refractivity contribution in [2.75, 3.05) is 11.9 Å². The second-order valence-corrected chi connectivity index (χ2v) is 8.01. The van der Waals surface area contributed by atoms with Crippen molar-refractivity contribution in [3.05, 3.63) is 40.6 Å². The highest BCUT2D eigenvalue weighted by Crippen LogP contribution is 2.36. The molecule has 0 saturated carbocycles. The molecular weight excluding hydrogens is 348 g/mol. The Morgan fingerprint density at radius 1 is 1.23 bits per heavy atom. The Kier molecular flexibility index (Phi) is 5.36. The molecule has 0 atom stereocenters. The third kappa shape index (κ3) is 3.77. The summed E-state index contributed by atoms with van der Waals surface area (Å²) < 4.78 is 1.76. The first-order chi connectivity index (χ1) is 12.4. The summed E-state index contributed by atoms with van der Waals surface area (Å²) in [6.07, 6.45) is 0. The molecule has 0 radical (unpaired) electrons. The third-order valence-electron chi connectivity index (χ3n) is 4.24. The van der Waals surface area contributed by atoms with Crippen LogP contribution in [0.5, 0.6) is 0 Å². The van der Waals surface area contributed by atoms with Crippen LogP contribution in [0.3, 0.4) is 0 Å². The fourth-order valence-corrected chi connectivity index (χ4v) is 3.93. The van der Waals surface area contributed by atoms with Gasteiger partial charge >= 0.3 is 11.8 Å². The van der Waals surface area contributed by atoms with E-state index in [2.05, 4.69) is 21.8 Å². The number of amides is 2. The molecule has 1 aliphatic heterocycles. The second kappa shape index (κ2) is 7.53. The molecule has 6 nitrogen and oxygen atoms in total. The van der Waals surface area contributed by atoms with Crippen LogP contribution >= 0.6 is 11.8 Å². The molecular formula is C19H24N4O2S. The van der Waals surface area contributed by atoms with Crippen molar-refractivity contribution in [2.45, 2.75) is 39.2 Å². The maximum atomic E-state index is 12.4. The van der Waals surface area contributed by atoms with Crippen LogP contribution in [0.15, 0.2) is 18.2 Å². The zero-order valence-electron chi connectivity index (χ0n) is 15.5. The highest BCUT2D eigenvalue weighted by Gasteiger charge is 2.26. The van der Waals surface area contributed by atoms with Gasteiger partial charge < -0.3 is 10.6 Å². The van der Waals surface area contributed by atoms with Crippen LogP contribution in [-0.2, 0) is 21.1 Å². The number of thioether (sulfide) groups is 1. The lowest BCUT2D eigenvalue weighted by Gasteiger charge is -2.13. The van der Waals surface area contributed by atoms with E-state index in [0.29, 0.717) is 12.4 Å². The molecule has 0 aliphatic carbocycles. The topological polar surface area (TPSA) is 76.0 Å². The predicted octanol–water partition coefficient (Wildman–Crippen LogP) is 2.95. The van der Waals surface area contributed by atoms with E-state index >= 15 is 0 Å². The molecule has 2 amide bonds. The summed E-state index contributed by atoms with van der Waals surface area (Å²) in [4.78, 5) is 24.4. The average Bonchev–Trinajstić information content (AvgIpc) is 3.15. The minimum absolute atomic E-state index is 0.285.